The van der Waals surface area contributed by atoms with Gasteiger partial charge in [-0.15, -0.1) is 0 Å². The molecule has 0 bridgehead atoms. The number of nitrogens with zero attached hydrogens (tertiary/aromatic N) is 1. The van der Waals surface area contributed by atoms with Gasteiger partial charge in [0.2, 0.25) is 0 Å². The minimum atomic E-state index is -0.611. The Hall–Kier alpha value is -3.38. The molecule has 7 heteroatoms. The van der Waals surface area contributed by atoms with Crippen LogP contribution in [-0.4, -0.2) is 17.9 Å². The summed E-state index contributed by atoms with van der Waals surface area (Å²) in [5.74, 6) is 0.0839. The van der Waals surface area contributed by atoms with Crippen LogP contribution in [0.3, 0.4) is 0 Å². The van der Waals surface area contributed by atoms with Gasteiger partial charge in [0.25, 0.3) is 11.6 Å². The Kier molecular flexibility index (Phi) is 5.91. The van der Waals surface area contributed by atoms with E-state index in [1.54, 1.807) is 25.3 Å². The predicted octanol–water partition coefficient (Wildman–Crippen LogP) is 5.10. The standard InChI is InChI=1S/C21H17ClN2O4/c1-28-20-10-8-17(12-15(20)11-14-5-3-2-4-6-14)23-21(25)18-13-16(22)7-9-19(18)24(26)27/h2-10,12-13H,11H2,1H3,(H,23,25). The van der Waals surface area contributed by atoms with Gasteiger partial charge in [0.1, 0.15) is 11.3 Å². The lowest BCUT2D eigenvalue weighted by molar-refractivity contribution is -0.385. The molecule has 0 spiro atoms. The van der Waals surface area contributed by atoms with Gasteiger partial charge in [0.05, 0.1) is 12.0 Å². The lowest BCUT2D eigenvalue weighted by Gasteiger charge is -2.12. The van der Waals surface area contributed by atoms with Crippen molar-refractivity contribution in [2.75, 3.05) is 12.4 Å². The van der Waals surface area contributed by atoms with Crippen LogP contribution in [0.2, 0.25) is 5.02 Å². The average Bonchev–Trinajstić information content (AvgIpc) is 2.68. The van der Waals surface area contributed by atoms with Crippen LogP contribution in [0.5, 0.6) is 5.75 Å². The number of carbonyl (C=O) groups excluding carboxylic acids is 1. The summed E-state index contributed by atoms with van der Waals surface area (Å²) in [6.07, 6.45) is 0.616. The number of nitro benzene ring substituents is 1. The summed E-state index contributed by atoms with van der Waals surface area (Å²) in [4.78, 5) is 23.2. The second kappa shape index (κ2) is 8.54. The minimum absolute atomic E-state index is 0.0991. The van der Waals surface area contributed by atoms with Crippen molar-refractivity contribution in [3.8, 4) is 5.75 Å². The third-order valence-electron chi connectivity index (χ3n) is 4.18. The van der Waals surface area contributed by atoms with E-state index >= 15 is 0 Å². The van der Waals surface area contributed by atoms with Gasteiger partial charge in [-0.25, -0.2) is 0 Å². The maximum Gasteiger partial charge on any atom is 0.282 e. The molecule has 1 N–H and O–H groups in total. The van der Waals surface area contributed by atoms with E-state index in [1.165, 1.54) is 18.2 Å². The zero-order valence-electron chi connectivity index (χ0n) is 15.0. The number of hydrogen-bond acceptors (Lipinski definition) is 4. The fraction of sp³-hybridized carbons (Fsp3) is 0.0952. The topological polar surface area (TPSA) is 81.5 Å². The Labute approximate surface area is 166 Å². The zero-order valence-corrected chi connectivity index (χ0v) is 15.8. The van der Waals surface area contributed by atoms with Crippen LogP contribution < -0.4 is 10.1 Å². The van der Waals surface area contributed by atoms with Crippen LogP contribution in [0.1, 0.15) is 21.5 Å². The van der Waals surface area contributed by atoms with E-state index < -0.39 is 10.8 Å². The molecule has 28 heavy (non-hydrogen) atoms. The molecule has 0 atom stereocenters. The highest BCUT2D eigenvalue weighted by Crippen LogP contribution is 2.27. The Morgan fingerprint density at radius 1 is 1.11 bits per heavy atom. The van der Waals surface area contributed by atoms with Crippen molar-refractivity contribution in [3.63, 3.8) is 0 Å². The van der Waals surface area contributed by atoms with Crippen molar-refractivity contribution in [1.29, 1.82) is 0 Å². The van der Waals surface area contributed by atoms with E-state index in [4.69, 9.17) is 16.3 Å². The number of methoxy groups -OCH3 is 1. The second-order valence-corrected chi connectivity index (χ2v) is 6.50. The van der Waals surface area contributed by atoms with Crippen LogP contribution in [0.15, 0.2) is 66.7 Å². The van der Waals surface area contributed by atoms with Gasteiger partial charge in [-0.05, 0) is 35.9 Å². The minimum Gasteiger partial charge on any atom is -0.496 e. The fourth-order valence-corrected chi connectivity index (χ4v) is 3.03. The summed E-state index contributed by atoms with van der Waals surface area (Å²) in [7, 11) is 1.58. The molecular formula is C21H17ClN2O4. The molecule has 0 heterocycles. The smallest absolute Gasteiger partial charge is 0.282 e. The summed E-state index contributed by atoms with van der Waals surface area (Å²) in [5, 5.41) is 14.1. The maximum absolute atomic E-state index is 12.6. The quantitative estimate of drug-likeness (QED) is 0.464. The van der Waals surface area contributed by atoms with Crippen molar-refractivity contribution < 1.29 is 14.5 Å². The second-order valence-electron chi connectivity index (χ2n) is 6.06. The molecule has 0 aliphatic rings. The number of amides is 1. The number of halogens is 1. The van der Waals surface area contributed by atoms with E-state index in [1.807, 2.05) is 30.3 Å². The van der Waals surface area contributed by atoms with Crippen LogP contribution in [-0.2, 0) is 6.42 Å². The van der Waals surface area contributed by atoms with E-state index in [9.17, 15) is 14.9 Å². The molecule has 0 fully saturated rings. The molecule has 1 amide bonds. The molecule has 0 aliphatic carbocycles. The van der Waals surface area contributed by atoms with E-state index in [-0.39, 0.29) is 16.3 Å². The average molecular weight is 397 g/mol. The molecule has 0 unspecified atom stereocenters. The first-order valence-corrected chi connectivity index (χ1v) is 8.82. The van der Waals surface area contributed by atoms with Crippen molar-refractivity contribution in [2.45, 2.75) is 6.42 Å². The number of hydrogen-bond donors (Lipinski definition) is 1. The third kappa shape index (κ3) is 4.47. The summed E-state index contributed by atoms with van der Waals surface area (Å²) >= 11 is 5.90. The molecular weight excluding hydrogens is 380 g/mol. The van der Waals surface area contributed by atoms with E-state index in [0.717, 1.165) is 11.1 Å². The van der Waals surface area contributed by atoms with Crippen molar-refractivity contribution >= 4 is 28.9 Å². The lowest BCUT2D eigenvalue weighted by Crippen LogP contribution is -2.14. The largest absolute Gasteiger partial charge is 0.496 e. The van der Waals surface area contributed by atoms with Gasteiger partial charge in [-0.1, -0.05) is 41.9 Å². The normalized spacial score (nSPS) is 10.4. The first-order valence-electron chi connectivity index (χ1n) is 8.44. The Morgan fingerprint density at radius 3 is 2.54 bits per heavy atom. The Balaban J connectivity index is 1.89. The Morgan fingerprint density at radius 2 is 1.86 bits per heavy atom. The van der Waals surface area contributed by atoms with Gasteiger partial charge >= 0.3 is 0 Å². The van der Waals surface area contributed by atoms with E-state index in [2.05, 4.69) is 5.32 Å². The number of benzene rings is 3. The molecule has 3 aromatic rings. The summed E-state index contributed by atoms with van der Waals surface area (Å²) in [6.45, 7) is 0. The van der Waals surface area contributed by atoms with Gasteiger partial charge in [0, 0.05) is 28.8 Å². The highest BCUT2D eigenvalue weighted by molar-refractivity contribution is 6.31. The molecule has 3 rings (SSSR count). The number of nitrogens with one attached hydrogen (secondary N) is 1. The SMILES string of the molecule is COc1ccc(NC(=O)c2cc(Cl)ccc2[N+](=O)[O-])cc1Cc1ccccc1. The van der Waals surface area contributed by atoms with Crippen molar-refractivity contribution in [1.82, 2.24) is 0 Å². The highest BCUT2D eigenvalue weighted by Gasteiger charge is 2.21. The highest BCUT2D eigenvalue weighted by atomic mass is 35.5. The molecule has 3 aromatic carbocycles. The molecule has 0 saturated carbocycles. The first-order chi connectivity index (χ1) is 13.5. The van der Waals surface area contributed by atoms with Gasteiger partial charge < -0.3 is 10.1 Å². The molecule has 0 aliphatic heterocycles. The van der Waals surface area contributed by atoms with Crippen LogP contribution in [0.25, 0.3) is 0 Å². The molecule has 0 radical (unpaired) electrons. The first kappa shape index (κ1) is 19.4. The summed E-state index contributed by atoms with van der Waals surface area (Å²) in [6, 6.07) is 18.9. The summed E-state index contributed by atoms with van der Waals surface area (Å²) < 4.78 is 5.41. The van der Waals surface area contributed by atoms with E-state index in [0.29, 0.717) is 17.9 Å². The van der Waals surface area contributed by atoms with Crippen LogP contribution in [0.4, 0.5) is 11.4 Å². The lowest BCUT2D eigenvalue weighted by atomic mass is 10.0. The predicted molar refractivity (Wildman–Crippen MR) is 108 cm³/mol. The zero-order chi connectivity index (χ0) is 20.1. The van der Waals surface area contributed by atoms with Crippen LogP contribution >= 0.6 is 11.6 Å². The fourth-order valence-electron chi connectivity index (χ4n) is 2.86. The number of carbonyl (C=O) groups is 1. The van der Waals surface area contributed by atoms with Crippen molar-refractivity contribution in [2.24, 2.45) is 0 Å². The number of ether oxygens (including phenoxy) is 1. The number of nitro groups is 1. The maximum atomic E-state index is 12.6. The monoisotopic (exact) mass is 396 g/mol. The van der Waals surface area contributed by atoms with Crippen molar-refractivity contribution in [3.05, 3.63) is 98.6 Å². The third-order valence-corrected chi connectivity index (χ3v) is 4.41. The van der Waals surface area contributed by atoms with Gasteiger partial charge in [-0.2, -0.15) is 0 Å². The van der Waals surface area contributed by atoms with Gasteiger partial charge in [0.15, 0.2) is 0 Å². The molecule has 0 aromatic heterocycles. The Bertz CT molecular complexity index is 1020. The molecule has 6 nitrogen and oxygen atoms in total. The van der Waals surface area contributed by atoms with Crippen LogP contribution in [0, 0.1) is 10.1 Å². The molecule has 0 saturated heterocycles. The van der Waals surface area contributed by atoms with Gasteiger partial charge in [-0.3, -0.25) is 14.9 Å². The summed E-state index contributed by atoms with van der Waals surface area (Å²) in [5.41, 5.74) is 2.07. The number of rotatable bonds is 6. The molecule has 142 valence electrons. The number of anilines is 1.